The quantitative estimate of drug-likeness (QED) is 0.0604. The van der Waals surface area contributed by atoms with E-state index in [0.717, 1.165) is 69.4 Å². The SMILES string of the molecule is CC1(C)CCCC(=O)C1.CC1(C)CCCC(CC(=O)O)C1.CC1(C)CCCC(CCC(=O)OCc2ccccc2)C1.CC1(C)CCCC(CN)C1.CCOC(=O)CP(=O)(OCC)OCC.COC(=O)/C=C1/CCCC(C)(C)C1.COC(=O)CC1CCCC(C)(C)C1. The number of carboxylic acid groups (broad SMARTS) is 1. The van der Waals surface area contributed by atoms with Crippen molar-refractivity contribution in [3.8, 4) is 0 Å². The number of hydrogen-bond acceptors (Lipinski definition) is 14. The molecule has 0 amide bonds. The molecule has 6 aliphatic carbocycles. The lowest BCUT2D eigenvalue weighted by Crippen LogP contribution is -2.27. The van der Waals surface area contributed by atoms with Crippen molar-refractivity contribution in [2.24, 2.45) is 61.9 Å². The monoisotopic (exact) mass is 1300 g/mol. The molecule has 1 aromatic carbocycles. The van der Waals surface area contributed by atoms with E-state index in [1.165, 1.54) is 129 Å². The van der Waals surface area contributed by atoms with E-state index in [9.17, 15) is 33.3 Å². The summed E-state index contributed by atoms with van der Waals surface area (Å²) in [6.07, 6.45) is 32.5. The van der Waals surface area contributed by atoms with Gasteiger partial charge in [-0.15, -0.1) is 0 Å². The smallest absolute Gasteiger partial charge is 0.341 e. The van der Waals surface area contributed by atoms with Gasteiger partial charge in [-0.3, -0.25) is 28.5 Å². The lowest BCUT2D eigenvalue weighted by atomic mass is 9.71. The predicted molar refractivity (Wildman–Crippen MR) is 368 cm³/mol. The normalized spacial score (nSPS) is 23.6. The number of carbonyl (C=O) groups excluding carboxylic acids is 5. The van der Waals surface area contributed by atoms with E-state index in [2.05, 4.69) is 97.3 Å². The highest BCUT2D eigenvalue weighted by atomic mass is 31.2. The molecular formula is C75H132NO14P. The fourth-order valence-electron chi connectivity index (χ4n) is 14.2. The summed E-state index contributed by atoms with van der Waals surface area (Å²) in [7, 11) is -0.387. The predicted octanol–water partition coefficient (Wildman–Crippen LogP) is 19.0. The molecule has 3 N–H and O–H groups in total. The van der Waals surface area contributed by atoms with E-state index >= 15 is 0 Å². The van der Waals surface area contributed by atoms with E-state index < -0.39 is 19.5 Å². The van der Waals surface area contributed by atoms with E-state index in [4.69, 9.17) is 24.6 Å². The maximum Gasteiger partial charge on any atom is 0.341 e. The number of nitrogens with two attached hydrogens (primary N) is 1. The molecule has 1 aromatic rings. The van der Waals surface area contributed by atoms with E-state index in [0.29, 0.717) is 81.9 Å². The van der Waals surface area contributed by atoms with Crippen molar-refractivity contribution in [2.45, 2.75) is 290 Å². The first-order chi connectivity index (χ1) is 42.4. The maximum atomic E-state index is 11.8. The Bertz CT molecular complexity index is 2330. The zero-order valence-corrected chi connectivity index (χ0v) is 61.5. The Balaban J connectivity index is 0.000000538. The number of esters is 4. The third-order valence-corrected chi connectivity index (χ3v) is 20.5. The first kappa shape index (κ1) is 85.1. The van der Waals surface area contributed by atoms with Crippen molar-refractivity contribution in [2.75, 3.05) is 46.7 Å². The summed E-state index contributed by atoms with van der Waals surface area (Å²) < 4.78 is 40.9. The molecule has 6 fully saturated rings. The highest BCUT2D eigenvalue weighted by Crippen LogP contribution is 2.48. The van der Waals surface area contributed by atoms with Crippen molar-refractivity contribution in [3.05, 3.63) is 47.5 Å². The van der Waals surface area contributed by atoms with Crippen molar-refractivity contribution >= 4 is 43.2 Å². The second-order valence-corrected chi connectivity index (χ2v) is 33.5. The third kappa shape index (κ3) is 42.2. The summed E-state index contributed by atoms with van der Waals surface area (Å²) in [6, 6.07) is 9.87. The van der Waals surface area contributed by atoms with E-state index in [1.54, 1.807) is 26.8 Å². The molecule has 0 aliphatic heterocycles. The number of aliphatic carboxylic acids is 1. The first-order valence-corrected chi connectivity index (χ1v) is 36.7. The Labute approximate surface area is 553 Å². The van der Waals surface area contributed by atoms with Crippen LogP contribution in [0.2, 0.25) is 0 Å². The number of ether oxygens (including phenoxy) is 4. The second kappa shape index (κ2) is 43.2. The van der Waals surface area contributed by atoms with Gasteiger partial charge in [0.2, 0.25) is 0 Å². The van der Waals surface area contributed by atoms with Gasteiger partial charge in [0.1, 0.15) is 18.6 Å². The molecule has 15 nitrogen and oxygen atoms in total. The Morgan fingerprint density at radius 2 is 1.00 bits per heavy atom. The van der Waals surface area contributed by atoms with E-state index in [-0.39, 0.29) is 43.9 Å². The number of ketones is 1. The van der Waals surface area contributed by atoms with Gasteiger partial charge >= 0.3 is 37.4 Å². The Hall–Kier alpha value is -3.91. The standard InChI is InChI=1S/C18H26O2.C11H20O2.C11H18O2.C10H18O2.C9H19N.C8H17O5P.C8H14O/c1-18(2)12-6-9-15(13-18)10-11-17(19)20-14-16-7-4-3-5-8-16;2*1-11(2)6-4-5-9(8-11)7-10(12)13-3;1-10(2)5-3-4-8(7-10)6-9(11)12;1-9(2)5-3-4-8(6-9)7-10;1-4-11-8(9)7-14(10,12-5-2)13-6-3;1-8(2)5-3-4-7(9)6-8/h3-5,7-8,15H,6,9-14H2,1-2H3;9H,4-8H2,1-3H3;7H,4-6,8H2,1-3H3;8H,3-7H2,1-2H3,(H,11,12);8H,3-7,10H2,1-2H3;4-7H2,1-3H3;3-6H2,1-2H3/b;;9-7-;;;;. The van der Waals surface area contributed by atoms with Crippen LogP contribution in [0.3, 0.4) is 0 Å². The average molecular weight is 1300 g/mol. The molecule has 0 aromatic heterocycles. The summed E-state index contributed by atoms with van der Waals surface area (Å²) >= 11 is 0. The van der Waals surface area contributed by atoms with Crippen LogP contribution in [0.4, 0.5) is 0 Å². The fourth-order valence-corrected chi connectivity index (χ4v) is 15.7. The van der Waals surface area contributed by atoms with Crippen molar-refractivity contribution in [3.63, 3.8) is 0 Å². The Morgan fingerprint density at radius 1 is 0.549 bits per heavy atom. The molecule has 0 radical (unpaired) electrons. The van der Waals surface area contributed by atoms with Gasteiger partial charge in [0.05, 0.1) is 34.0 Å². The third-order valence-electron chi connectivity index (χ3n) is 18.6. The minimum absolute atomic E-state index is 0.0531. The molecule has 6 saturated carbocycles. The Morgan fingerprint density at radius 3 is 1.41 bits per heavy atom. The van der Waals surface area contributed by atoms with Gasteiger partial charge in [-0.1, -0.05) is 151 Å². The average Bonchev–Trinajstić information content (AvgIpc) is 2.43. The molecular weight excluding hydrogens is 1170 g/mol. The lowest BCUT2D eigenvalue weighted by molar-refractivity contribution is -0.145. The van der Waals surface area contributed by atoms with Crippen LogP contribution in [0.25, 0.3) is 0 Å². The number of Topliss-reactive ketones (excluding diaryl/α,β-unsaturated/α-hetero) is 1. The molecule has 0 saturated heterocycles. The summed E-state index contributed by atoms with van der Waals surface area (Å²) in [6.45, 7) is 34.4. The number of carbonyl (C=O) groups is 6. The van der Waals surface area contributed by atoms with Crippen LogP contribution in [-0.4, -0.2) is 87.5 Å². The molecule has 0 spiro atoms. The number of hydrogen-bond donors (Lipinski definition) is 2. The molecule has 6 aliphatic rings. The number of methoxy groups -OCH3 is 2. The van der Waals surface area contributed by atoms with Crippen LogP contribution < -0.4 is 5.73 Å². The molecule has 7 rings (SSSR count). The van der Waals surface area contributed by atoms with Crippen molar-refractivity contribution < 1.29 is 66.4 Å². The number of allylic oxidation sites excluding steroid dienone is 1. The molecule has 16 heteroatoms. The van der Waals surface area contributed by atoms with Gasteiger partial charge in [0.15, 0.2) is 0 Å². The molecule has 0 bridgehead atoms. The highest BCUT2D eigenvalue weighted by Gasteiger charge is 2.33. The molecule has 526 valence electrons. The first-order valence-electron chi connectivity index (χ1n) is 34.9. The van der Waals surface area contributed by atoms with Gasteiger partial charge in [-0.05, 0) is 205 Å². The highest BCUT2D eigenvalue weighted by molar-refractivity contribution is 7.54. The Kier molecular flexibility index (Phi) is 40.4. The zero-order valence-electron chi connectivity index (χ0n) is 60.6. The molecule has 4 unspecified atom stereocenters. The fraction of sp³-hybridized carbons (Fsp3) is 0.813. The van der Waals surface area contributed by atoms with Crippen LogP contribution in [0.15, 0.2) is 42.0 Å². The largest absolute Gasteiger partial charge is 0.481 e. The van der Waals surface area contributed by atoms with Gasteiger partial charge in [0.25, 0.3) is 0 Å². The minimum atomic E-state index is -3.28. The lowest BCUT2D eigenvalue weighted by Gasteiger charge is -2.35. The van der Waals surface area contributed by atoms with Crippen molar-refractivity contribution in [1.82, 2.24) is 0 Å². The molecule has 4 atom stereocenters. The van der Waals surface area contributed by atoms with Crippen LogP contribution >= 0.6 is 7.60 Å². The van der Waals surface area contributed by atoms with Crippen LogP contribution in [0.1, 0.15) is 289 Å². The second-order valence-electron chi connectivity index (χ2n) is 31.5. The summed E-state index contributed by atoms with van der Waals surface area (Å²) in [5, 5.41) is 8.64. The topological polar surface area (TPSA) is 221 Å². The number of carboxylic acids is 1. The maximum absolute atomic E-state index is 11.8. The van der Waals surface area contributed by atoms with Gasteiger partial charge in [-0.25, -0.2) is 4.79 Å². The number of benzene rings is 1. The van der Waals surface area contributed by atoms with E-state index in [1.807, 2.05) is 30.3 Å². The van der Waals surface area contributed by atoms with Gasteiger partial charge in [-0.2, -0.15) is 0 Å². The van der Waals surface area contributed by atoms with Gasteiger partial charge in [0, 0.05) is 38.2 Å². The van der Waals surface area contributed by atoms with Crippen LogP contribution in [0, 0.1) is 56.2 Å². The van der Waals surface area contributed by atoms with Crippen molar-refractivity contribution in [1.29, 1.82) is 0 Å². The number of rotatable bonds is 18. The zero-order chi connectivity index (χ0) is 69.0. The van der Waals surface area contributed by atoms with Crippen LogP contribution in [-0.2, 0) is 67.9 Å². The summed E-state index contributed by atoms with van der Waals surface area (Å²) in [5.41, 5.74) is 10.4. The molecule has 0 heterocycles. The minimum Gasteiger partial charge on any atom is -0.481 e. The summed E-state index contributed by atoms with van der Waals surface area (Å²) in [4.78, 5) is 66.3. The molecule has 91 heavy (non-hydrogen) atoms. The van der Waals surface area contributed by atoms with Gasteiger partial charge < -0.3 is 38.8 Å². The van der Waals surface area contributed by atoms with Crippen LogP contribution in [0.5, 0.6) is 0 Å². The summed E-state index contributed by atoms with van der Waals surface area (Å²) in [5.74, 6) is 1.41.